The van der Waals surface area contributed by atoms with Crippen molar-refractivity contribution in [3.05, 3.63) is 24.0 Å². The Morgan fingerprint density at radius 2 is 2.12 bits per heavy atom. The van der Waals surface area contributed by atoms with E-state index in [4.69, 9.17) is 0 Å². The maximum atomic E-state index is 11.6. The Bertz CT molecular complexity index is 421. The summed E-state index contributed by atoms with van der Waals surface area (Å²) in [6, 6.07) is 2.00. The summed E-state index contributed by atoms with van der Waals surface area (Å²) < 4.78 is 25.1. The van der Waals surface area contributed by atoms with Gasteiger partial charge in [-0.1, -0.05) is 0 Å². The molecule has 0 fully saturated rings. The molecular weight excluding hydrogens is 224 g/mol. The monoisotopic (exact) mass is 244 g/mol. The Labute approximate surface area is 97.6 Å². The van der Waals surface area contributed by atoms with E-state index in [-0.39, 0.29) is 11.0 Å². The molecule has 0 radical (unpaired) electrons. The van der Waals surface area contributed by atoms with Crippen molar-refractivity contribution in [1.82, 2.24) is 9.88 Å². The fraction of sp³-hybridized carbons (Fsp3) is 0.636. The number of nitrogens with one attached hydrogen (secondary N) is 1. The minimum Gasteiger partial charge on any atom is -0.353 e. The molecule has 16 heavy (non-hydrogen) atoms. The van der Waals surface area contributed by atoms with E-state index in [1.165, 1.54) is 5.56 Å². The van der Waals surface area contributed by atoms with Crippen LogP contribution in [0, 0.1) is 0 Å². The molecule has 1 heterocycles. The molecule has 4 nitrogen and oxygen atoms in total. The second-order valence-electron chi connectivity index (χ2n) is 4.20. The van der Waals surface area contributed by atoms with Crippen molar-refractivity contribution in [2.45, 2.75) is 32.2 Å². The van der Waals surface area contributed by atoms with Crippen LogP contribution >= 0.6 is 0 Å². The van der Waals surface area contributed by atoms with Crippen LogP contribution in [0.4, 0.5) is 0 Å². The summed E-state index contributed by atoms with van der Waals surface area (Å²) in [4.78, 5) is 0. The van der Waals surface area contributed by atoms with Gasteiger partial charge in [0.1, 0.15) is 0 Å². The van der Waals surface area contributed by atoms with Crippen molar-refractivity contribution >= 4 is 9.84 Å². The van der Waals surface area contributed by atoms with E-state index in [1.54, 1.807) is 13.8 Å². The zero-order valence-corrected chi connectivity index (χ0v) is 10.9. The van der Waals surface area contributed by atoms with Gasteiger partial charge in [0.2, 0.25) is 0 Å². The summed E-state index contributed by atoms with van der Waals surface area (Å²) in [6.07, 6.45) is 3.90. The Morgan fingerprint density at radius 1 is 1.44 bits per heavy atom. The van der Waals surface area contributed by atoms with Gasteiger partial charge in [-0.05, 0) is 32.5 Å². The van der Waals surface area contributed by atoms with E-state index in [0.717, 1.165) is 6.54 Å². The highest BCUT2D eigenvalue weighted by atomic mass is 32.2. The Kier molecular flexibility index (Phi) is 4.56. The highest BCUT2D eigenvalue weighted by Gasteiger charge is 2.15. The maximum Gasteiger partial charge on any atom is 0.154 e. The average Bonchev–Trinajstić information content (AvgIpc) is 2.63. The fourth-order valence-corrected chi connectivity index (χ4v) is 2.34. The highest BCUT2D eigenvalue weighted by molar-refractivity contribution is 7.91. The number of rotatable bonds is 6. The van der Waals surface area contributed by atoms with Gasteiger partial charge in [0.15, 0.2) is 9.84 Å². The van der Waals surface area contributed by atoms with Crippen LogP contribution in [0.15, 0.2) is 18.5 Å². The lowest BCUT2D eigenvalue weighted by molar-refractivity contribution is 0.580. The van der Waals surface area contributed by atoms with Crippen molar-refractivity contribution in [2.75, 3.05) is 12.8 Å². The molecule has 0 saturated carbocycles. The predicted molar refractivity (Wildman–Crippen MR) is 66.1 cm³/mol. The second kappa shape index (κ2) is 5.50. The molecule has 1 aromatic rings. The van der Waals surface area contributed by atoms with Crippen molar-refractivity contribution < 1.29 is 8.42 Å². The van der Waals surface area contributed by atoms with Gasteiger partial charge in [-0.3, -0.25) is 0 Å². The van der Waals surface area contributed by atoms with Gasteiger partial charge >= 0.3 is 0 Å². The van der Waals surface area contributed by atoms with E-state index in [0.29, 0.717) is 6.54 Å². The van der Waals surface area contributed by atoms with Crippen LogP contribution in [0.3, 0.4) is 0 Å². The smallest absolute Gasteiger partial charge is 0.154 e. The Balaban J connectivity index is 2.55. The SMILES string of the molecule is CNCc1ccn(CCS(=O)(=O)C(C)C)c1. The topological polar surface area (TPSA) is 51.1 Å². The molecule has 0 aromatic carbocycles. The van der Waals surface area contributed by atoms with Gasteiger partial charge in [-0.15, -0.1) is 0 Å². The summed E-state index contributed by atoms with van der Waals surface area (Å²) >= 11 is 0. The first kappa shape index (κ1) is 13.3. The molecule has 0 saturated heterocycles. The molecule has 5 heteroatoms. The summed E-state index contributed by atoms with van der Waals surface area (Å²) in [6.45, 7) is 4.78. The molecule has 92 valence electrons. The standard InChI is InChI=1S/C11H20N2O2S/c1-10(2)16(14,15)7-6-13-5-4-11(9-13)8-12-3/h4-5,9-10,12H,6-8H2,1-3H3. The zero-order valence-electron chi connectivity index (χ0n) is 10.1. The number of aromatic nitrogens is 1. The van der Waals surface area contributed by atoms with Crippen LogP contribution in [0.2, 0.25) is 0 Å². The molecular formula is C11H20N2O2S. The van der Waals surface area contributed by atoms with E-state index in [2.05, 4.69) is 5.32 Å². The molecule has 0 aliphatic heterocycles. The van der Waals surface area contributed by atoms with Gasteiger partial charge in [0, 0.05) is 25.5 Å². The number of sulfone groups is 1. The lowest BCUT2D eigenvalue weighted by atomic mass is 10.3. The van der Waals surface area contributed by atoms with Crippen LogP contribution in [0.1, 0.15) is 19.4 Å². The average molecular weight is 244 g/mol. The number of nitrogens with zero attached hydrogens (tertiary/aromatic N) is 1. The first-order valence-corrected chi connectivity index (χ1v) is 7.18. The minimum atomic E-state index is -2.94. The molecule has 0 atom stereocenters. The minimum absolute atomic E-state index is 0.207. The molecule has 1 N–H and O–H groups in total. The second-order valence-corrected chi connectivity index (χ2v) is 6.88. The third kappa shape index (κ3) is 3.64. The van der Waals surface area contributed by atoms with Crippen LogP contribution in [-0.2, 0) is 22.9 Å². The summed E-state index contributed by atoms with van der Waals surface area (Å²) in [5.74, 6) is 0.207. The zero-order chi connectivity index (χ0) is 12.2. The van der Waals surface area contributed by atoms with E-state index in [1.807, 2.05) is 30.1 Å². The number of aryl methyl sites for hydroxylation is 1. The molecule has 1 aromatic heterocycles. The molecule has 0 spiro atoms. The van der Waals surface area contributed by atoms with Crippen LogP contribution in [-0.4, -0.2) is 31.0 Å². The third-order valence-corrected chi connectivity index (χ3v) is 4.73. The van der Waals surface area contributed by atoms with Crippen molar-refractivity contribution in [2.24, 2.45) is 0 Å². The summed E-state index contributed by atoms with van der Waals surface area (Å²) in [5, 5.41) is 2.76. The summed E-state index contributed by atoms with van der Waals surface area (Å²) in [5.41, 5.74) is 1.17. The highest BCUT2D eigenvalue weighted by Crippen LogP contribution is 2.05. The van der Waals surface area contributed by atoms with Gasteiger partial charge in [-0.2, -0.15) is 0 Å². The van der Waals surface area contributed by atoms with Crippen LogP contribution in [0.5, 0.6) is 0 Å². The van der Waals surface area contributed by atoms with Gasteiger partial charge in [-0.25, -0.2) is 8.42 Å². The molecule has 0 amide bonds. The van der Waals surface area contributed by atoms with E-state index >= 15 is 0 Å². The first-order chi connectivity index (χ1) is 7.45. The normalized spacial score (nSPS) is 12.2. The maximum absolute atomic E-state index is 11.6. The van der Waals surface area contributed by atoms with Crippen LogP contribution in [0.25, 0.3) is 0 Å². The van der Waals surface area contributed by atoms with E-state index in [9.17, 15) is 8.42 Å². The van der Waals surface area contributed by atoms with Crippen molar-refractivity contribution in [3.8, 4) is 0 Å². The number of hydrogen-bond acceptors (Lipinski definition) is 3. The third-order valence-electron chi connectivity index (χ3n) is 2.54. The van der Waals surface area contributed by atoms with Gasteiger partial charge in [0.05, 0.1) is 11.0 Å². The Morgan fingerprint density at radius 3 is 2.69 bits per heavy atom. The quantitative estimate of drug-likeness (QED) is 0.813. The Hall–Kier alpha value is -0.810. The molecule has 0 aliphatic carbocycles. The van der Waals surface area contributed by atoms with Gasteiger partial charge < -0.3 is 9.88 Å². The largest absolute Gasteiger partial charge is 0.353 e. The van der Waals surface area contributed by atoms with Gasteiger partial charge in [0.25, 0.3) is 0 Å². The number of hydrogen-bond donors (Lipinski definition) is 1. The summed E-state index contributed by atoms with van der Waals surface area (Å²) in [7, 11) is -1.05. The molecule has 0 unspecified atom stereocenters. The van der Waals surface area contributed by atoms with E-state index < -0.39 is 9.84 Å². The van der Waals surface area contributed by atoms with Crippen molar-refractivity contribution in [1.29, 1.82) is 0 Å². The fourth-order valence-electron chi connectivity index (χ4n) is 1.41. The predicted octanol–water partition coefficient (Wildman–Crippen LogP) is 1.03. The molecule has 0 aliphatic rings. The lowest BCUT2D eigenvalue weighted by Gasteiger charge is -2.08. The van der Waals surface area contributed by atoms with Crippen molar-refractivity contribution in [3.63, 3.8) is 0 Å². The van der Waals surface area contributed by atoms with Crippen LogP contribution < -0.4 is 5.32 Å². The first-order valence-electron chi connectivity index (χ1n) is 5.46. The lowest BCUT2D eigenvalue weighted by Crippen LogP contribution is -2.20. The molecule has 1 rings (SSSR count). The molecule has 0 bridgehead atoms.